The third-order valence-electron chi connectivity index (χ3n) is 5.66. The number of rotatable bonds is 8. The first-order valence-electron chi connectivity index (χ1n) is 10.1. The lowest BCUT2D eigenvalue weighted by atomic mass is 9.85. The van der Waals surface area contributed by atoms with Gasteiger partial charge in [-0.15, -0.1) is 0 Å². The van der Waals surface area contributed by atoms with Gasteiger partial charge in [0.05, 0.1) is 29.8 Å². The van der Waals surface area contributed by atoms with Crippen LogP contribution in [-0.2, 0) is 4.79 Å². The Morgan fingerprint density at radius 3 is 2.62 bits per heavy atom. The first-order valence-corrected chi connectivity index (χ1v) is 10.1. The zero-order valence-electron chi connectivity index (χ0n) is 16.5. The van der Waals surface area contributed by atoms with Crippen LogP contribution in [0.3, 0.4) is 0 Å². The minimum absolute atomic E-state index is 0.0694. The second-order valence-electron chi connectivity index (χ2n) is 8.10. The normalized spacial score (nSPS) is 20.9. The number of aromatic nitrogens is 2. The van der Waals surface area contributed by atoms with Crippen molar-refractivity contribution in [3.63, 3.8) is 0 Å². The van der Waals surface area contributed by atoms with E-state index in [-0.39, 0.29) is 24.7 Å². The number of amides is 2. The quantitative estimate of drug-likeness (QED) is 0.636. The van der Waals surface area contributed by atoms with Crippen LogP contribution in [0.4, 0.5) is 10.5 Å². The molecule has 2 aliphatic carbocycles. The van der Waals surface area contributed by atoms with Gasteiger partial charge in [0.2, 0.25) is 0 Å². The number of hydrogen-bond acceptors (Lipinski definition) is 4. The molecule has 0 bridgehead atoms. The lowest BCUT2D eigenvalue weighted by molar-refractivity contribution is -0.139. The van der Waals surface area contributed by atoms with Gasteiger partial charge in [0.25, 0.3) is 0 Å². The molecule has 0 saturated heterocycles. The number of aryl methyl sites for hydroxylation is 1. The zero-order valence-corrected chi connectivity index (χ0v) is 16.5. The number of carbonyl (C=O) groups is 2. The van der Waals surface area contributed by atoms with Crippen LogP contribution in [0.15, 0.2) is 36.5 Å². The number of para-hydroxylation sites is 1. The Hall–Kier alpha value is -2.87. The molecule has 1 aromatic carbocycles. The van der Waals surface area contributed by atoms with E-state index in [2.05, 4.69) is 20.6 Å². The molecule has 1 aromatic heterocycles. The zero-order chi connectivity index (χ0) is 20.4. The molecule has 2 aromatic rings. The maximum absolute atomic E-state index is 12.4. The van der Waals surface area contributed by atoms with Crippen LogP contribution in [0.25, 0.3) is 5.69 Å². The van der Waals surface area contributed by atoms with Crippen molar-refractivity contribution in [3.8, 4) is 5.69 Å². The second kappa shape index (κ2) is 8.24. The van der Waals surface area contributed by atoms with Crippen LogP contribution >= 0.6 is 0 Å². The third-order valence-corrected chi connectivity index (χ3v) is 5.66. The van der Waals surface area contributed by atoms with Crippen molar-refractivity contribution >= 4 is 17.7 Å². The molecule has 8 heteroatoms. The first kappa shape index (κ1) is 19.4. The van der Waals surface area contributed by atoms with Crippen molar-refractivity contribution in [2.75, 3.05) is 18.4 Å². The van der Waals surface area contributed by atoms with Crippen molar-refractivity contribution in [2.45, 2.75) is 44.7 Å². The fourth-order valence-electron chi connectivity index (χ4n) is 3.79. The number of benzene rings is 1. The third kappa shape index (κ3) is 4.95. The molecule has 29 heavy (non-hydrogen) atoms. The maximum atomic E-state index is 12.4. The summed E-state index contributed by atoms with van der Waals surface area (Å²) < 4.78 is 1.74. The molecule has 2 fully saturated rings. The van der Waals surface area contributed by atoms with Gasteiger partial charge >= 0.3 is 12.0 Å². The lowest BCUT2D eigenvalue weighted by Crippen LogP contribution is -2.55. The molecule has 154 valence electrons. The van der Waals surface area contributed by atoms with Gasteiger partial charge in [-0.05, 0) is 50.7 Å². The van der Waals surface area contributed by atoms with E-state index in [0.717, 1.165) is 30.8 Å². The number of hydrogen-bond donors (Lipinski definition) is 3. The molecule has 3 N–H and O–H groups in total. The molecule has 1 heterocycles. The fourth-order valence-corrected chi connectivity index (χ4v) is 3.79. The molecule has 0 atom stereocenters. The monoisotopic (exact) mass is 397 g/mol. The number of carboxylic acids is 1. The minimum atomic E-state index is -0.786. The Morgan fingerprint density at radius 2 is 1.97 bits per heavy atom. The van der Waals surface area contributed by atoms with E-state index in [9.17, 15) is 9.59 Å². The molecular formula is C21H27N5O3. The number of aliphatic carboxylic acids is 1. The van der Waals surface area contributed by atoms with E-state index in [1.54, 1.807) is 10.9 Å². The number of carbonyl (C=O) groups excluding carboxylic acids is 1. The maximum Gasteiger partial charge on any atom is 0.319 e. The van der Waals surface area contributed by atoms with Crippen molar-refractivity contribution < 1.29 is 14.7 Å². The van der Waals surface area contributed by atoms with E-state index in [1.807, 2.05) is 37.3 Å². The number of nitrogens with zero attached hydrogens (tertiary/aromatic N) is 3. The first-order chi connectivity index (χ1) is 14.0. The molecule has 0 aliphatic heterocycles. The van der Waals surface area contributed by atoms with Crippen molar-refractivity contribution in [1.82, 2.24) is 20.0 Å². The lowest BCUT2D eigenvalue weighted by Gasteiger charge is -2.42. The standard InChI is InChI=1S/C21H27N5O3/c1-14-19(12-26(24-14)17-5-3-2-4-6-17)23-21(29)22-16-9-18(10-16)25(13-20(27)28)11-15-7-8-15/h2-6,12,15-16,18H,7-11,13H2,1H3,(H,27,28)(H2,22,23,29). The van der Waals surface area contributed by atoms with Crippen LogP contribution in [0, 0.1) is 12.8 Å². The number of carboxylic acid groups (broad SMARTS) is 1. The average molecular weight is 397 g/mol. The SMILES string of the molecule is Cc1nn(-c2ccccc2)cc1NC(=O)NC1CC(N(CC(=O)O)CC2CC2)C1. The number of urea groups is 1. The molecule has 0 radical (unpaired) electrons. The number of nitrogens with one attached hydrogen (secondary N) is 2. The molecule has 2 aliphatic rings. The topological polar surface area (TPSA) is 99.5 Å². The van der Waals surface area contributed by atoms with E-state index >= 15 is 0 Å². The summed E-state index contributed by atoms with van der Waals surface area (Å²) in [7, 11) is 0. The minimum Gasteiger partial charge on any atom is -0.480 e. The highest BCUT2D eigenvalue weighted by molar-refractivity contribution is 5.90. The van der Waals surface area contributed by atoms with Gasteiger partial charge < -0.3 is 15.7 Å². The van der Waals surface area contributed by atoms with Crippen LogP contribution in [0.1, 0.15) is 31.4 Å². The van der Waals surface area contributed by atoms with Gasteiger partial charge in [0, 0.05) is 18.6 Å². The molecule has 0 spiro atoms. The Morgan fingerprint density at radius 1 is 1.24 bits per heavy atom. The molecule has 4 rings (SSSR count). The van der Waals surface area contributed by atoms with Crippen molar-refractivity contribution in [3.05, 3.63) is 42.2 Å². The molecule has 2 amide bonds. The smallest absolute Gasteiger partial charge is 0.319 e. The van der Waals surface area contributed by atoms with Gasteiger partial charge in [0.1, 0.15) is 0 Å². The highest BCUT2D eigenvalue weighted by Crippen LogP contribution is 2.33. The Balaban J connectivity index is 1.27. The van der Waals surface area contributed by atoms with Crippen molar-refractivity contribution in [2.24, 2.45) is 5.92 Å². The van der Waals surface area contributed by atoms with Crippen LogP contribution < -0.4 is 10.6 Å². The fraction of sp³-hybridized carbons (Fsp3) is 0.476. The highest BCUT2D eigenvalue weighted by Gasteiger charge is 2.37. The van der Waals surface area contributed by atoms with E-state index in [0.29, 0.717) is 11.6 Å². The predicted octanol–water partition coefficient (Wildman–Crippen LogP) is 2.63. The molecular weight excluding hydrogens is 370 g/mol. The number of anilines is 1. The highest BCUT2D eigenvalue weighted by atomic mass is 16.4. The van der Waals surface area contributed by atoms with E-state index in [1.165, 1.54) is 12.8 Å². The van der Waals surface area contributed by atoms with E-state index < -0.39 is 5.97 Å². The summed E-state index contributed by atoms with van der Waals surface area (Å²) in [6.07, 6.45) is 5.77. The Kier molecular flexibility index (Phi) is 5.53. The summed E-state index contributed by atoms with van der Waals surface area (Å²) >= 11 is 0. The van der Waals surface area contributed by atoms with Gasteiger partial charge in [-0.3, -0.25) is 9.69 Å². The summed E-state index contributed by atoms with van der Waals surface area (Å²) in [5.41, 5.74) is 2.34. The van der Waals surface area contributed by atoms with Gasteiger partial charge in [-0.2, -0.15) is 5.10 Å². The van der Waals surface area contributed by atoms with Crippen LogP contribution in [0.5, 0.6) is 0 Å². The summed E-state index contributed by atoms with van der Waals surface area (Å²) in [4.78, 5) is 25.6. The van der Waals surface area contributed by atoms with Gasteiger partial charge in [-0.1, -0.05) is 18.2 Å². The molecule has 2 saturated carbocycles. The summed E-state index contributed by atoms with van der Waals surface area (Å²) in [5, 5.41) is 19.5. The largest absolute Gasteiger partial charge is 0.480 e. The van der Waals surface area contributed by atoms with Crippen LogP contribution in [0.2, 0.25) is 0 Å². The summed E-state index contributed by atoms with van der Waals surface area (Å²) in [6, 6.07) is 9.78. The Labute approximate surface area is 169 Å². The van der Waals surface area contributed by atoms with Crippen LogP contribution in [-0.4, -0.2) is 57.0 Å². The van der Waals surface area contributed by atoms with Gasteiger partial charge in [-0.25, -0.2) is 9.48 Å². The predicted molar refractivity (Wildman–Crippen MR) is 109 cm³/mol. The molecule has 8 nitrogen and oxygen atoms in total. The summed E-state index contributed by atoms with van der Waals surface area (Å²) in [6.45, 7) is 2.79. The molecule has 0 unspecified atom stereocenters. The average Bonchev–Trinajstić information content (AvgIpc) is 3.39. The Bertz CT molecular complexity index is 872. The van der Waals surface area contributed by atoms with Crippen molar-refractivity contribution in [1.29, 1.82) is 0 Å². The van der Waals surface area contributed by atoms with E-state index in [4.69, 9.17) is 5.11 Å². The second-order valence-corrected chi connectivity index (χ2v) is 8.10. The summed E-state index contributed by atoms with van der Waals surface area (Å²) in [5.74, 6) is -0.139. The van der Waals surface area contributed by atoms with Gasteiger partial charge in [0.15, 0.2) is 0 Å².